The van der Waals surface area contributed by atoms with Crippen LogP contribution >= 0.6 is 12.4 Å². The van der Waals surface area contributed by atoms with E-state index in [9.17, 15) is 4.79 Å². The maximum absolute atomic E-state index is 12.4. The van der Waals surface area contributed by atoms with Crippen molar-refractivity contribution in [2.75, 3.05) is 17.8 Å². The van der Waals surface area contributed by atoms with Crippen LogP contribution in [0.2, 0.25) is 0 Å². The van der Waals surface area contributed by atoms with Crippen LogP contribution in [0.15, 0.2) is 36.4 Å². The number of fused-ring (bicyclic) bond motifs is 2. The average Bonchev–Trinajstić information content (AvgIpc) is 3.02. The van der Waals surface area contributed by atoms with Crippen LogP contribution in [0.3, 0.4) is 0 Å². The lowest BCUT2D eigenvalue weighted by molar-refractivity contribution is -0.117. The third-order valence-corrected chi connectivity index (χ3v) is 4.74. The Morgan fingerprint density at radius 1 is 1.16 bits per heavy atom. The molecule has 0 fully saturated rings. The first-order chi connectivity index (χ1) is 11.7. The summed E-state index contributed by atoms with van der Waals surface area (Å²) in [7, 11) is 0. The van der Waals surface area contributed by atoms with Gasteiger partial charge in [-0.25, -0.2) is 0 Å². The number of halogens is 1. The van der Waals surface area contributed by atoms with Crippen LogP contribution < -0.4 is 20.5 Å². The van der Waals surface area contributed by atoms with Crippen molar-refractivity contribution in [2.24, 2.45) is 5.92 Å². The number of aryl methyl sites for hydroxylation is 1. The van der Waals surface area contributed by atoms with E-state index in [0.717, 1.165) is 19.3 Å². The Hall–Kier alpha value is -2.40. The topological polar surface area (TPSA) is 73.6 Å². The van der Waals surface area contributed by atoms with Crippen LogP contribution in [0.4, 0.5) is 11.4 Å². The highest BCUT2D eigenvalue weighted by atomic mass is 35.5. The molecule has 6 heteroatoms. The lowest BCUT2D eigenvalue weighted by atomic mass is 9.82. The number of carbonyl (C=O) groups excluding carboxylic acids is 1. The molecular formula is C19H21ClN2O3. The number of carbonyl (C=O) groups is 1. The minimum absolute atomic E-state index is 0. The van der Waals surface area contributed by atoms with Gasteiger partial charge in [-0.1, -0.05) is 24.3 Å². The molecule has 0 aromatic heterocycles. The van der Waals surface area contributed by atoms with Gasteiger partial charge in [-0.05, 0) is 36.3 Å². The number of hydrogen-bond acceptors (Lipinski definition) is 4. The average molecular weight is 361 g/mol. The number of rotatable bonds is 3. The molecule has 0 saturated carbocycles. The van der Waals surface area contributed by atoms with Crippen molar-refractivity contribution in [3.8, 4) is 11.5 Å². The van der Waals surface area contributed by atoms with E-state index in [1.165, 1.54) is 11.1 Å². The lowest BCUT2D eigenvalue weighted by Crippen LogP contribution is -2.22. The van der Waals surface area contributed by atoms with E-state index in [-0.39, 0.29) is 25.1 Å². The summed E-state index contributed by atoms with van der Waals surface area (Å²) < 4.78 is 10.6. The summed E-state index contributed by atoms with van der Waals surface area (Å²) in [5.74, 6) is 1.60. The molecule has 0 saturated heterocycles. The Morgan fingerprint density at radius 3 is 2.68 bits per heavy atom. The van der Waals surface area contributed by atoms with E-state index >= 15 is 0 Å². The fourth-order valence-electron chi connectivity index (χ4n) is 3.48. The smallest absolute Gasteiger partial charge is 0.231 e. The number of nitrogen functional groups attached to an aromatic ring is 1. The largest absolute Gasteiger partial charge is 0.454 e. The monoisotopic (exact) mass is 360 g/mol. The van der Waals surface area contributed by atoms with Gasteiger partial charge in [0.05, 0.1) is 11.4 Å². The Morgan fingerprint density at radius 2 is 1.88 bits per heavy atom. The molecule has 2 aromatic rings. The minimum atomic E-state index is -0.00931. The van der Waals surface area contributed by atoms with E-state index in [1.54, 1.807) is 12.1 Å². The van der Waals surface area contributed by atoms with Gasteiger partial charge < -0.3 is 20.5 Å². The van der Waals surface area contributed by atoms with Crippen molar-refractivity contribution in [3.63, 3.8) is 0 Å². The predicted molar refractivity (Wildman–Crippen MR) is 99.4 cm³/mol. The first-order valence-electron chi connectivity index (χ1n) is 8.25. The number of anilines is 2. The highest BCUT2D eigenvalue weighted by Crippen LogP contribution is 2.38. The Kier molecular flexibility index (Phi) is 5.04. The Bertz CT molecular complexity index is 794. The lowest BCUT2D eigenvalue weighted by Gasteiger charge is -2.24. The van der Waals surface area contributed by atoms with E-state index in [0.29, 0.717) is 35.2 Å². The third-order valence-electron chi connectivity index (χ3n) is 4.74. The van der Waals surface area contributed by atoms with Gasteiger partial charge >= 0.3 is 0 Å². The SMILES string of the molecule is Cl.Nc1cc2c(cc1NC(=O)CC1CCc3ccccc3C1)OCO2. The summed E-state index contributed by atoms with van der Waals surface area (Å²) in [6.45, 7) is 0.188. The van der Waals surface area contributed by atoms with E-state index in [1.807, 2.05) is 0 Å². The molecule has 0 bridgehead atoms. The van der Waals surface area contributed by atoms with Gasteiger partial charge in [0.1, 0.15) is 0 Å². The molecule has 0 radical (unpaired) electrons. The summed E-state index contributed by atoms with van der Waals surface area (Å²) in [5.41, 5.74) is 9.84. The van der Waals surface area contributed by atoms with Crippen molar-refractivity contribution in [1.82, 2.24) is 0 Å². The minimum Gasteiger partial charge on any atom is -0.454 e. The molecule has 3 N–H and O–H groups in total. The van der Waals surface area contributed by atoms with Crippen LogP contribution in [0.25, 0.3) is 0 Å². The van der Waals surface area contributed by atoms with Crippen LogP contribution in [-0.2, 0) is 17.6 Å². The molecule has 25 heavy (non-hydrogen) atoms. The molecule has 1 atom stereocenters. The summed E-state index contributed by atoms with van der Waals surface area (Å²) in [5, 5.41) is 2.91. The second kappa shape index (κ2) is 7.23. The fourth-order valence-corrected chi connectivity index (χ4v) is 3.48. The molecule has 4 rings (SSSR count). The standard InChI is InChI=1S/C19H20N2O3.ClH/c20-15-9-17-18(24-11-23-17)10-16(15)21-19(22)8-12-5-6-13-3-1-2-4-14(13)7-12;/h1-4,9-10,12H,5-8,11,20H2,(H,21,22);1H. The van der Waals surface area contributed by atoms with Crippen LogP contribution in [0, 0.1) is 5.92 Å². The maximum Gasteiger partial charge on any atom is 0.231 e. The summed E-state index contributed by atoms with van der Waals surface area (Å²) >= 11 is 0. The second-order valence-corrected chi connectivity index (χ2v) is 6.42. The molecular weight excluding hydrogens is 340 g/mol. The van der Waals surface area contributed by atoms with Gasteiger partial charge in [-0.3, -0.25) is 4.79 Å². The molecule has 5 nitrogen and oxygen atoms in total. The van der Waals surface area contributed by atoms with Crippen molar-refractivity contribution in [3.05, 3.63) is 47.5 Å². The molecule has 1 heterocycles. The van der Waals surface area contributed by atoms with Gasteiger partial charge in [0.15, 0.2) is 11.5 Å². The zero-order valence-electron chi connectivity index (χ0n) is 13.8. The summed E-state index contributed by atoms with van der Waals surface area (Å²) in [4.78, 5) is 12.4. The zero-order chi connectivity index (χ0) is 16.5. The molecule has 1 aliphatic heterocycles. The maximum atomic E-state index is 12.4. The first-order valence-corrected chi connectivity index (χ1v) is 8.25. The number of ether oxygens (including phenoxy) is 2. The molecule has 2 aromatic carbocycles. The van der Waals surface area contributed by atoms with Crippen molar-refractivity contribution < 1.29 is 14.3 Å². The molecule has 132 valence electrons. The van der Waals surface area contributed by atoms with E-state index in [4.69, 9.17) is 15.2 Å². The van der Waals surface area contributed by atoms with Gasteiger partial charge in [-0.15, -0.1) is 12.4 Å². The van der Waals surface area contributed by atoms with Gasteiger partial charge in [0.2, 0.25) is 12.7 Å². The zero-order valence-corrected chi connectivity index (χ0v) is 14.6. The highest BCUT2D eigenvalue weighted by molar-refractivity contribution is 5.94. The Balaban J connectivity index is 0.00000182. The predicted octanol–water partition coefficient (Wildman–Crippen LogP) is 3.55. The van der Waals surface area contributed by atoms with Crippen molar-refractivity contribution in [2.45, 2.75) is 25.7 Å². The van der Waals surface area contributed by atoms with Crippen LogP contribution in [0.5, 0.6) is 11.5 Å². The van der Waals surface area contributed by atoms with Gasteiger partial charge in [-0.2, -0.15) is 0 Å². The van der Waals surface area contributed by atoms with E-state index in [2.05, 4.69) is 29.6 Å². The first kappa shape index (κ1) is 17.4. The number of nitrogens with two attached hydrogens (primary N) is 1. The number of hydrogen-bond donors (Lipinski definition) is 2. The van der Waals surface area contributed by atoms with Crippen LogP contribution in [-0.4, -0.2) is 12.7 Å². The summed E-state index contributed by atoms with van der Waals surface area (Å²) in [6, 6.07) is 11.9. The molecule has 1 amide bonds. The molecule has 1 aliphatic carbocycles. The third kappa shape index (κ3) is 3.66. The fraction of sp³-hybridized carbons (Fsp3) is 0.316. The van der Waals surface area contributed by atoms with Crippen molar-refractivity contribution >= 4 is 29.7 Å². The van der Waals surface area contributed by atoms with Gasteiger partial charge in [0, 0.05) is 18.6 Å². The molecule has 2 aliphatic rings. The number of benzene rings is 2. The highest BCUT2D eigenvalue weighted by Gasteiger charge is 2.22. The number of amides is 1. The Labute approximate surface area is 152 Å². The molecule has 0 spiro atoms. The van der Waals surface area contributed by atoms with Crippen molar-refractivity contribution in [1.29, 1.82) is 0 Å². The normalized spacial score (nSPS) is 17.4. The quantitative estimate of drug-likeness (QED) is 0.821. The van der Waals surface area contributed by atoms with E-state index < -0.39 is 0 Å². The second-order valence-electron chi connectivity index (χ2n) is 6.42. The summed E-state index contributed by atoms with van der Waals surface area (Å²) in [6.07, 6.45) is 3.55. The van der Waals surface area contributed by atoms with Crippen LogP contribution in [0.1, 0.15) is 24.0 Å². The number of nitrogens with one attached hydrogen (secondary N) is 1. The van der Waals surface area contributed by atoms with Gasteiger partial charge in [0.25, 0.3) is 0 Å². The molecule has 1 unspecified atom stereocenters.